The van der Waals surface area contributed by atoms with Gasteiger partial charge in [0, 0.05) is 48.8 Å². The molecule has 11 heteroatoms. The van der Waals surface area contributed by atoms with E-state index in [4.69, 9.17) is 24.3 Å². The first-order valence-electron chi connectivity index (χ1n) is 12.8. The number of esters is 1. The maximum absolute atomic E-state index is 13.6. The van der Waals surface area contributed by atoms with E-state index in [0.717, 1.165) is 23.1 Å². The summed E-state index contributed by atoms with van der Waals surface area (Å²) < 4.78 is 18.0. The highest BCUT2D eigenvalue weighted by molar-refractivity contribution is 5.91. The SMILES string of the molecule is CC[C@@]1(O)C(=O)OCc2c1cc1n(c2=O)Cc2c-1nc1cc3c(cc1c2CNCCN(C)CCO)OCO3. The largest absolute Gasteiger partial charge is 0.458 e. The van der Waals surface area contributed by atoms with Crippen LogP contribution in [0.3, 0.4) is 0 Å². The Kier molecular flexibility index (Phi) is 6.10. The molecule has 1 aromatic carbocycles. The molecule has 11 nitrogen and oxygen atoms in total. The van der Waals surface area contributed by atoms with Gasteiger partial charge in [0.2, 0.25) is 6.79 Å². The number of hydrogen-bond donors (Lipinski definition) is 3. The summed E-state index contributed by atoms with van der Waals surface area (Å²) in [5.74, 6) is 0.513. The van der Waals surface area contributed by atoms with Crippen molar-refractivity contribution in [3.05, 3.63) is 50.8 Å². The minimum atomic E-state index is -1.88. The Morgan fingerprint density at radius 1 is 1.13 bits per heavy atom. The van der Waals surface area contributed by atoms with Gasteiger partial charge in [-0.15, -0.1) is 0 Å². The molecule has 5 heterocycles. The van der Waals surface area contributed by atoms with Crippen molar-refractivity contribution in [3.8, 4) is 22.9 Å². The van der Waals surface area contributed by atoms with Gasteiger partial charge < -0.3 is 39.2 Å². The highest BCUT2D eigenvalue weighted by Crippen LogP contribution is 2.43. The maximum Gasteiger partial charge on any atom is 0.343 e. The van der Waals surface area contributed by atoms with Crippen LogP contribution in [0.5, 0.6) is 11.5 Å². The summed E-state index contributed by atoms with van der Waals surface area (Å²) in [4.78, 5) is 33.1. The molecule has 3 N–H and O–H groups in total. The van der Waals surface area contributed by atoms with Gasteiger partial charge in [-0.05, 0) is 31.2 Å². The summed E-state index contributed by atoms with van der Waals surface area (Å²) in [5, 5.41) is 24.7. The molecule has 3 aliphatic rings. The molecule has 2 aromatic heterocycles. The number of aliphatic hydroxyl groups is 2. The molecule has 0 radical (unpaired) electrons. The molecule has 0 saturated carbocycles. The van der Waals surface area contributed by atoms with Gasteiger partial charge in [0.15, 0.2) is 17.1 Å². The third-order valence-electron chi connectivity index (χ3n) is 7.75. The van der Waals surface area contributed by atoms with Crippen molar-refractivity contribution in [3.63, 3.8) is 0 Å². The molecule has 3 aromatic rings. The lowest BCUT2D eigenvalue weighted by molar-refractivity contribution is -0.172. The summed E-state index contributed by atoms with van der Waals surface area (Å²) in [5.41, 5.74) is 2.22. The number of aromatic nitrogens is 2. The van der Waals surface area contributed by atoms with E-state index in [1.807, 2.05) is 24.1 Å². The van der Waals surface area contributed by atoms with Crippen LogP contribution in [0.1, 0.15) is 35.6 Å². The third-order valence-corrected chi connectivity index (χ3v) is 7.75. The van der Waals surface area contributed by atoms with Crippen LogP contribution in [0.2, 0.25) is 0 Å². The number of pyridine rings is 2. The lowest BCUT2D eigenvalue weighted by Gasteiger charge is -2.31. The number of likely N-dealkylation sites (N-methyl/N-ethyl adjacent to an activating group) is 1. The molecule has 38 heavy (non-hydrogen) atoms. The molecule has 6 rings (SSSR count). The second kappa shape index (κ2) is 9.35. The van der Waals surface area contributed by atoms with Crippen molar-refractivity contribution in [1.29, 1.82) is 0 Å². The summed E-state index contributed by atoms with van der Waals surface area (Å²) in [6.07, 6.45) is 0.0864. The molecule has 3 aliphatic heterocycles. The Bertz CT molecular complexity index is 1520. The number of hydrogen-bond acceptors (Lipinski definition) is 10. The minimum absolute atomic E-state index is 0.0864. The van der Waals surface area contributed by atoms with E-state index in [2.05, 4.69) is 5.32 Å². The van der Waals surface area contributed by atoms with Crippen LogP contribution in [0.25, 0.3) is 22.3 Å². The average Bonchev–Trinajstić information content (AvgIpc) is 3.52. The predicted octanol–water partition coefficient (Wildman–Crippen LogP) is 0.822. The van der Waals surface area contributed by atoms with Gasteiger partial charge in [-0.3, -0.25) is 4.79 Å². The summed E-state index contributed by atoms with van der Waals surface area (Å²) in [6, 6.07) is 5.49. The van der Waals surface area contributed by atoms with Gasteiger partial charge >= 0.3 is 5.97 Å². The molecule has 0 amide bonds. The van der Waals surface area contributed by atoms with E-state index in [1.165, 1.54) is 0 Å². The van der Waals surface area contributed by atoms with Crippen molar-refractivity contribution >= 4 is 16.9 Å². The standard InChI is InChI=1S/C27H30N4O7/c1-3-27(35)19-9-21-24-17(12-31(21)25(33)18(19)13-36-26(27)34)16(11-28-4-5-30(2)6-7-32)15-8-22-23(38-14-37-22)10-20(15)29-24/h8-10,28,32,35H,3-7,11-14H2,1-2H3/t27-/m0/s1. The lowest BCUT2D eigenvalue weighted by Crippen LogP contribution is -2.44. The first-order valence-corrected chi connectivity index (χ1v) is 12.8. The minimum Gasteiger partial charge on any atom is -0.458 e. The number of cyclic esters (lactones) is 1. The van der Waals surface area contributed by atoms with E-state index < -0.39 is 11.6 Å². The zero-order chi connectivity index (χ0) is 26.6. The van der Waals surface area contributed by atoms with Gasteiger partial charge in [0.25, 0.3) is 5.56 Å². The van der Waals surface area contributed by atoms with Crippen LogP contribution >= 0.6 is 0 Å². The average molecular weight is 523 g/mol. The molecule has 200 valence electrons. The smallest absolute Gasteiger partial charge is 0.343 e. The third kappa shape index (κ3) is 3.77. The lowest BCUT2D eigenvalue weighted by atomic mass is 9.86. The molecule has 0 spiro atoms. The van der Waals surface area contributed by atoms with Crippen molar-refractivity contribution < 1.29 is 29.2 Å². The molecule has 0 aliphatic carbocycles. The molecule has 0 fully saturated rings. The normalized spacial score (nSPS) is 19.0. The second-order valence-electron chi connectivity index (χ2n) is 9.95. The van der Waals surface area contributed by atoms with Gasteiger partial charge in [-0.1, -0.05) is 6.92 Å². The number of ether oxygens (including phenoxy) is 3. The number of fused-ring (bicyclic) bond motifs is 6. The van der Waals surface area contributed by atoms with E-state index in [-0.39, 0.29) is 32.0 Å². The summed E-state index contributed by atoms with van der Waals surface area (Å²) in [6.45, 7) is 4.66. The van der Waals surface area contributed by atoms with Gasteiger partial charge in [0.05, 0.1) is 35.6 Å². The van der Waals surface area contributed by atoms with Crippen LogP contribution in [-0.4, -0.2) is 70.7 Å². The fourth-order valence-electron chi connectivity index (χ4n) is 5.52. The van der Waals surface area contributed by atoms with E-state index in [9.17, 15) is 14.7 Å². The number of nitrogens with one attached hydrogen (secondary N) is 1. The Labute approximate surface area is 218 Å². The Balaban J connectivity index is 1.47. The Morgan fingerprint density at radius 2 is 1.92 bits per heavy atom. The molecule has 0 bridgehead atoms. The topological polar surface area (TPSA) is 135 Å². The quantitative estimate of drug-likeness (QED) is 0.225. The number of nitrogens with zero attached hydrogens (tertiary/aromatic N) is 3. The van der Waals surface area contributed by atoms with Crippen molar-refractivity contribution in [2.75, 3.05) is 40.1 Å². The van der Waals surface area contributed by atoms with Crippen LogP contribution < -0.4 is 20.3 Å². The van der Waals surface area contributed by atoms with Gasteiger partial charge in [0.1, 0.15) is 6.61 Å². The number of carbonyl (C=O) groups is 1. The number of benzene rings is 1. The van der Waals surface area contributed by atoms with E-state index in [1.54, 1.807) is 17.6 Å². The fraction of sp³-hybridized carbons (Fsp3) is 0.444. The summed E-state index contributed by atoms with van der Waals surface area (Å²) >= 11 is 0. The van der Waals surface area contributed by atoms with Crippen LogP contribution in [0.4, 0.5) is 0 Å². The first kappa shape index (κ1) is 24.8. The Hall–Kier alpha value is -3.51. The maximum atomic E-state index is 13.6. The first-order chi connectivity index (χ1) is 18.4. The van der Waals surface area contributed by atoms with Crippen molar-refractivity contribution in [2.24, 2.45) is 0 Å². The van der Waals surface area contributed by atoms with Crippen LogP contribution in [0.15, 0.2) is 23.0 Å². The van der Waals surface area contributed by atoms with E-state index in [0.29, 0.717) is 65.7 Å². The zero-order valence-corrected chi connectivity index (χ0v) is 21.4. The number of carbonyl (C=O) groups excluding carboxylic acids is 1. The van der Waals surface area contributed by atoms with Gasteiger partial charge in [-0.25, -0.2) is 9.78 Å². The fourth-order valence-corrected chi connectivity index (χ4v) is 5.52. The summed E-state index contributed by atoms with van der Waals surface area (Å²) in [7, 11) is 1.95. The monoisotopic (exact) mass is 522 g/mol. The van der Waals surface area contributed by atoms with Gasteiger partial charge in [-0.2, -0.15) is 0 Å². The number of aliphatic hydroxyl groups excluding tert-OH is 1. The number of rotatable bonds is 8. The highest BCUT2D eigenvalue weighted by Gasteiger charge is 2.45. The van der Waals surface area contributed by atoms with Crippen LogP contribution in [0, 0.1) is 0 Å². The molecule has 0 unspecified atom stereocenters. The molecular formula is C27H30N4O7. The zero-order valence-electron chi connectivity index (χ0n) is 21.4. The van der Waals surface area contributed by atoms with E-state index >= 15 is 0 Å². The second-order valence-corrected chi connectivity index (χ2v) is 9.95. The predicted molar refractivity (Wildman–Crippen MR) is 137 cm³/mol. The molecule has 1 atom stereocenters. The molecule has 0 saturated heterocycles. The highest BCUT2D eigenvalue weighted by atomic mass is 16.7. The Morgan fingerprint density at radius 3 is 2.68 bits per heavy atom. The van der Waals surface area contributed by atoms with Crippen molar-refractivity contribution in [2.45, 2.75) is 38.6 Å². The van der Waals surface area contributed by atoms with Crippen molar-refractivity contribution in [1.82, 2.24) is 19.8 Å². The van der Waals surface area contributed by atoms with Crippen LogP contribution in [-0.2, 0) is 34.8 Å². The molecular weight excluding hydrogens is 492 g/mol.